The molecule has 19 heavy (non-hydrogen) atoms. The monoisotopic (exact) mass is 279 g/mol. The second kappa shape index (κ2) is 6.01. The van der Waals surface area contributed by atoms with Crippen LogP contribution in [0, 0.1) is 23.3 Å². The van der Waals surface area contributed by atoms with E-state index in [4.69, 9.17) is 5.11 Å². The van der Waals surface area contributed by atoms with Crippen LogP contribution in [0.25, 0.3) is 0 Å². The first-order valence-corrected chi connectivity index (χ1v) is 5.65. The maximum atomic E-state index is 13.6. The summed E-state index contributed by atoms with van der Waals surface area (Å²) in [5.41, 5.74) is -2.41. The smallest absolute Gasteiger partial charge is 0.341 e. The fourth-order valence-corrected chi connectivity index (χ4v) is 1.67. The molecule has 0 heterocycles. The number of carboxylic acids is 1. The minimum atomic E-state index is -2.05. The average molecular weight is 279 g/mol. The largest absolute Gasteiger partial charge is 0.477 e. The zero-order chi connectivity index (χ0) is 14.7. The van der Waals surface area contributed by atoms with E-state index in [1.807, 2.05) is 0 Å². The van der Waals surface area contributed by atoms with Crippen LogP contribution in [0.3, 0.4) is 0 Å². The molecule has 0 unspecified atom stereocenters. The molecule has 106 valence electrons. The lowest BCUT2D eigenvalue weighted by Crippen LogP contribution is -2.25. The first-order chi connectivity index (χ1) is 8.84. The van der Waals surface area contributed by atoms with Crippen LogP contribution in [0.4, 0.5) is 17.6 Å². The molecule has 1 N–H and O–H groups in total. The van der Waals surface area contributed by atoms with Gasteiger partial charge in [-0.05, 0) is 13.1 Å². The Labute approximate surface area is 107 Å². The van der Waals surface area contributed by atoms with Crippen molar-refractivity contribution in [3.63, 3.8) is 0 Å². The Morgan fingerprint density at radius 2 is 1.42 bits per heavy atom. The van der Waals surface area contributed by atoms with Gasteiger partial charge in [0.05, 0.1) is 0 Å². The highest BCUT2D eigenvalue weighted by atomic mass is 19.2. The third-order valence-corrected chi connectivity index (χ3v) is 2.84. The van der Waals surface area contributed by atoms with Crippen LogP contribution >= 0.6 is 0 Å². The number of nitrogens with zero attached hydrogens (tertiary/aromatic N) is 1. The Hall–Kier alpha value is -1.63. The Kier molecular flexibility index (Phi) is 4.88. The Morgan fingerprint density at radius 3 is 1.74 bits per heavy atom. The van der Waals surface area contributed by atoms with Gasteiger partial charge in [-0.3, -0.25) is 4.90 Å². The van der Waals surface area contributed by atoms with Gasteiger partial charge in [-0.2, -0.15) is 0 Å². The molecule has 0 fully saturated rings. The number of carboxylic acid groups (broad SMARTS) is 1. The molecule has 0 aliphatic carbocycles. The summed E-state index contributed by atoms with van der Waals surface area (Å²) in [6.07, 6.45) is 0. The SMILES string of the molecule is CCN(CC)Cc1c(F)c(F)c(C(=O)O)c(F)c1F. The lowest BCUT2D eigenvalue weighted by Gasteiger charge is -2.19. The quantitative estimate of drug-likeness (QED) is 0.665. The van der Waals surface area contributed by atoms with Gasteiger partial charge < -0.3 is 5.11 Å². The van der Waals surface area contributed by atoms with Crippen LogP contribution < -0.4 is 0 Å². The molecular weight excluding hydrogens is 266 g/mol. The molecule has 1 rings (SSSR count). The van der Waals surface area contributed by atoms with Crippen LogP contribution in [-0.4, -0.2) is 29.1 Å². The predicted molar refractivity (Wildman–Crippen MR) is 59.9 cm³/mol. The summed E-state index contributed by atoms with van der Waals surface area (Å²) in [7, 11) is 0. The molecule has 0 aliphatic rings. The molecule has 3 nitrogen and oxygen atoms in total. The maximum absolute atomic E-state index is 13.6. The summed E-state index contributed by atoms with van der Waals surface area (Å²) >= 11 is 0. The third-order valence-electron chi connectivity index (χ3n) is 2.84. The number of hydrogen-bond acceptors (Lipinski definition) is 2. The zero-order valence-electron chi connectivity index (χ0n) is 10.4. The first kappa shape index (κ1) is 15.4. The van der Waals surface area contributed by atoms with Crippen molar-refractivity contribution in [2.45, 2.75) is 20.4 Å². The second-order valence-corrected chi connectivity index (χ2v) is 3.88. The minimum Gasteiger partial charge on any atom is -0.477 e. The highest BCUT2D eigenvalue weighted by Crippen LogP contribution is 2.25. The number of rotatable bonds is 5. The van der Waals surface area contributed by atoms with E-state index in [1.165, 1.54) is 0 Å². The van der Waals surface area contributed by atoms with Crippen molar-refractivity contribution in [2.24, 2.45) is 0 Å². The minimum absolute atomic E-state index is 0.335. The number of carbonyl (C=O) groups is 1. The van der Waals surface area contributed by atoms with Gasteiger partial charge in [-0.25, -0.2) is 22.4 Å². The molecule has 0 saturated heterocycles. The summed E-state index contributed by atoms with van der Waals surface area (Å²) in [6.45, 7) is 3.96. The van der Waals surface area contributed by atoms with Gasteiger partial charge in [0.15, 0.2) is 23.3 Å². The van der Waals surface area contributed by atoms with Gasteiger partial charge >= 0.3 is 5.97 Å². The van der Waals surface area contributed by atoms with E-state index < -0.39 is 40.4 Å². The Morgan fingerprint density at radius 1 is 1.00 bits per heavy atom. The van der Waals surface area contributed by atoms with Gasteiger partial charge in [0.2, 0.25) is 0 Å². The summed E-state index contributed by atoms with van der Waals surface area (Å²) < 4.78 is 54.1. The van der Waals surface area contributed by atoms with Crippen molar-refractivity contribution < 1.29 is 27.5 Å². The predicted octanol–water partition coefficient (Wildman–Crippen LogP) is 2.78. The van der Waals surface area contributed by atoms with Crippen molar-refractivity contribution in [2.75, 3.05) is 13.1 Å². The number of aromatic carboxylic acids is 1. The molecule has 7 heteroatoms. The van der Waals surface area contributed by atoms with Crippen molar-refractivity contribution in [1.82, 2.24) is 4.90 Å². The Bertz CT molecular complexity index is 472. The van der Waals surface area contributed by atoms with Gasteiger partial charge in [0.1, 0.15) is 5.56 Å². The van der Waals surface area contributed by atoms with Crippen LogP contribution in [0.15, 0.2) is 0 Å². The van der Waals surface area contributed by atoms with Crippen molar-refractivity contribution in [3.8, 4) is 0 Å². The van der Waals surface area contributed by atoms with E-state index >= 15 is 0 Å². The molecule has 0 atom stereocenters. The highest BCUT2D eigenvalue weighted by molar-refractivity contribution is 5.88. The van der Waals surface area contributed by atoms with Crippen LogP contribution in [-0.2, 0) is 6.54 Å². The van der Waals surface area contributed by atoms with E-state index in [1.54, 1.807) is 18.7 Å². The zero-order valence-corrected chi connectivity index (χ0v) is 10.4. The van der Waals surface area contributed by atoms with Crippen LogP contribution in [0.2, 0.25) is 0 Å². The number of benzene rings is 1. The molecular formula is C12H13F4NO2. The third kappa shape index (κ3) is 2.86. The van der Waals surface area contributed by atoms with Crippen molar-refractivity contribution in [3.05, 3.63) is 34.4 Å². The molecule has 0 aliphatic heterocycles. The standard InChI is InChI=1S/C12H13F4NO2/c1-3-17(4-2)5-6-8(13)10(15)7(12(18)19)11(16)9(6)14/h3-5H2,1-2H3,(H,18,19). The van der Waals surface area contributed by atoms with E-state index in [0.717, 1.165) is 0 Å². The molecule has 0 radical (unpaired) electrons. The lowest BCUT2D eigenvalue weighted by molar-refractivity contribution is 0.0683. The summed E-state index contributed by atoms with van der Waals surface area (Å²) in [6, 6.07) is 0. The van der Waals surface area contributed by atoms with Gasteiger partial charge in [0, 0.05) is 12.1 Å². The normalized spacial score (nSPS) is 11.1. The van der Waals surface area contributed by atoms with Crippen molar-refractivity contribution >= 4 is 5.97 Å². The molecule has 0 spiro atoms. The number of halogens is 4. The fourth-order valence-electron chi connectivity index (χ4n) is 1.67. The van der Waals surface area contributed by atoms with E-state index in [0.29, 0.717) is 13.1 Å². The van der Waals surface area contributed by atoms with E-state index in [2.05, 4.69) is 0 Å². The summed E-state index contributed by atoms with van der Waals surface area (Å²) in [4.78, 5) is 12.1. The highest BCUT2D eigenvalue weighted by Gasteiger charge is 2.29. The first-order valence-electron chi connectivity index (χ1n) is 5.65. The van der Waals surface area contributed by atoms with Gasteiger partial charge in [-0.15, -0.1) is 0 Å². The molecule has 1 aromatic rings. The summed E-state index contributed by atoms with van der Waals surface area (Å²) in [5.74, 6) is -9.14. The molecule has 0 bridgehead atoms. The van der Waals surface area contributed by atoms with Gasteiger partial charge in [0.25, 0.3) is 0 Å². The Balaban J connectivity index is 3.39. The van der Waals surface area contributed by atoms with Crippen LogP contribution in [0.1, 0.15) is 29.8 Å². The molecule has 0 saturated carbocycles. The summed E-state index contributed by atoms with van der Waals surface area (Å²) in [5, 5.41) is 8.54. The maximum Gasteiger partial charge on any atom is 0.341 e. The molecule has 0 aromatic heterocycles. The molecule has 1 aromatic carbocycles. The van der Waals surface area contributed by atoms with Gasteiger partial charge in [-0.1, -0.05) is 13.8 Å². The molecule has 0 amide bonds. The lowest BCUT2D eigenvalue weighted by atomic mass is 10.1. The topological polar surface area (TPSA) is 40.5 Å². The van der Waals surface area contributed by atoms with E-state index in [9.17, 15) is 22.4 Å². The fraction of sp³-hybridized carbons (Fsp3) is 0.417. The van der Waals surface area contributed by atoms with Crippen molar-refractivity contribution in [1.29, 1.82) is 0 Å². The average Bonchev–Trinajstić information content (AvgIpc) is 2.37. The van der Waals surface area contributed by atoms with Crippen LogP contribution in [0.5, 0.6) is 0 Å². The number of hydrogen-bond donors (Lipinski definition) is 1. The van der Waals surface area contributed by atoms with E-state index in [-0.39, 0.29) is 6.54 Å². The second-order valence-electron chi connectivity index (χ2n) is 3.88.